The Balaban J connectivity index is 1.72. The third kappa shape index (κ3) is 5.53. The van der Waals surface area contributed by atoms with Crippen LogP contribution in [0.25, 0.3) is 0 Å². The zero-order chi connectivity index (χ0) is 15.1. The number of hydrogen-bond donors (Lipinski definition) is 2. The topological polar surface area (TPSA) is 50.4 Å². The molecule has 0 atom stereocenters. The highest BCUT2D eigenvalue weighted by Gasteiger charge is 2.03. The molecule has 0 aliphatic carbocycles. The van der Waals surface area contributed by atoms with Crippen molar-refractivity contribution in [3.8, 4) is 5.75 Å². The number of anilines is 1. The van der Waals surface area contributed by atoms with E-state index in [-0.39, 0.29) is 6.03 Å². The van der Waals surface area contributed by atoms with Crippen LogP contribution in [-0.4, -0.2) is 19.2 Å². The molecule has 0 saturated heterocycles. The number of ether oxygens (including phenoxy) is 1. The van der Waals surface area contributed by atoms with Gasteiger partial charge in [-0.2, -0.15) is 0 Å². The fraction of sp³-hybridized carbons (Fsp3) is 0.133. The Hall–Kier alpha value is -1.91. The molecule has 21 heavy (non-hydrogen) atoms. The summed E-state index contributed by atoms with van der Waals surface area (Å²) in [6.07, 6.45) is 0. The molecule has 2 aromatic rings. The highest BCUT2D eigenvalue weighted by atomic mass is 35.5. The van der Waals surface area contributed by atoms with Crippen LogP contribution in [0.4, 0.5) is 10.5 Å². The number of hydrogen-bond acceptors (Lipinski definition) is 2. The molecule has 0 aromatic heterocycles. The minimum atomic E-state index is -0.343. The minimum Gasteiger partial charge on any atom is -0.492 e. The highest BCUT2D eigenvalue weighted by Crippen LogP contribution is 2.22. The molecule has 0 heterocycles. The summed E-state index contributed by atoms with van der Waals surface area (Å²) in [6.45, 7) is 0.767. The summed E-state index contributed by atoms with van der Waals surface area (Å²) in [7, 11) is 0. The van der Waals surface area contributed by atoms with E-state index in [0.717, 1.165) is 5.75 Å². The maximum absolute atomic E-state index is 11.7. The van der Waals surface area contributed by atoms with Gasteiger partial charge in [0.25, 0.3) is 0 Å². The van der Waals surface area contributed by atoms with Crippen LogP contribution in [0.5, 0.6) is 5.75 Å². The maximum Gasteiger partial charge on any atom is 0.319 e. The number of rotatable bonds is 5. The lowest BCUT2D eigenvalue weighted by Gasteiger charge is -2.09. The van der Waals surface area contributed by atoms with Crippen molar-refractivity contribution in [2.24, 2.45) is 0 Å². The molecule has 6 heteroatoms. The first-order valence-electron chi connectivity index (χ1n) is 6.32. The Bertz CT molecular complexity index is 586. The van der Waals surface area contributed by atoms with Gasteiger partial charge >= 0.3 is 6.03 Å². The van der Waals surface area contributed by atoms with Gasteiger partial charge < -0.3 is 15.4 Å². The first-order valence-corrected chi connectivity index (χ1v) is 7.08. The molecule has 2 aromatic carbocycles. The predicted octanol–water partition coefficient (Wildman–Crippen LogP) is 4.19. The van der Waals surface area contributed by atoms with Gasteiger partial charge in [0.15, 0.2) is 0 Å². The molecule has 2 N–H and O–H groups in total. The van der Waals surface area contributed by atoms with Gasteiger partial charge in [-0.05, 0) is 30.3 Å². The smallest absolute Gasteiger partial charge is 0.319 e. The second-order valence-corrected chi connectivity index (χ2v) is 5.07. The van der Waals surface area contributed by atoms with E-state index >= 15 is 0 Å². The van der Waals surface area contributed by atoms with Crippen LogP contribution in [0.2, 0.25) is 10.0 Å². The van der Waals surface area contributed by atoms with Crippen LogP contribution in [0.3, 0.4) is 0 Å². The van der Waals surface area contributed by atoms with E-state index in [4.69, 9.17) is 27.9 Å². The van der Waals surface area contributed by atoms with E-state index in [1.54, 1.807) is 18.2 Å². The van der Waals surface area contributed by atoms with Crippen molar-refractivity contribution in [2.75, 3.05) is 18.5 Å². The van der Waals surface area contributed by atoms with Gasteiger partial charge in [-0.25, -0.2) is 4.79 Å². The summed E-state index contributed by atoms with van der Waals surface area (Å²) in [4.78, 5) is 11.7. The largest absolute Gasteiger partial charge is 0.492 e. The lowest BCUT2D eigenvalue weighted by atomic mass is 10.3. The number of carbonyl (C=O) groups excluding carboxylic acids is 1. The van der Waals surface area contributed by atoms with Gasteiger partial charge in [0, 0.05) is 15.7 Å². The SMILES string of the molecule is O=C(NCCOc1ccccc1)Nc1cc(Cl)cc(Cl)c1. The fourth-order valence-electron chi connectivity index (χ4n) is 1.65. The summed E-state index contributed by atoms with van der Waals surface area (Å²) >= 11 is 11.7. The van der Waals surface area contributed by atoms with Crippen molar-refractivity contribution in [1.29, 1.82) is 0 Å². The number of benzene rings is 2. The number of amides is 2. The molecule has 0 unspecified atom stereocenters. The molecule has 0 spiro atoms. The zero-order valence-corrected chi connectivity index (χ0v) is 12.6. The molecule has 4 nitrogen and oxygen atoms in total. The Labute approximate surface area is 133 Å². The molecule has 0 fully saturated rings. The van der Waals surface area contributed by atoms with Crippen molar-refractivity contribution in [1.82, 2.24) is 5.32 Å². The molecule has 0 aliphatic heterocycles. The Morgan fingerprint density at radius 3 is 2.38 bits per heavy atom. The number of nitrogens with one attached hydrogen (secondary N) is 2. The van der Waals surface area contributed by atoms with Crippen LogP contribution in [0, 0.1) is 0 Å². The summed E-state index contributed by atoms with van der Waals surface area (Å²) in [5.41, 5.74) is 0.536. The molecular formula is C15H14Cl2N2O2. The Morgan fingerprint density at radius 2 is 1.71 bits per heavy atom. The zero-order valence-electron chi connectivity index (χ0n) is 11.1. The van der Waals surface area contributed by atoms with Crippen molar-refractivity contribution in [2.45, 2.75) is 0 Å². The molecule has 2 amide bonds. The molecule has 2 rings (SSSR count). The van der Waals surface area contributed by atoms with E-state index in [9.17, 15) is 4.79 Å². The van der Waals surface area contributed by atoms with Gasteiger partial charge in [0.2, 0.25) is 0 Å². The standard InChI is InChI=1S/C15H14Cl2N2O2/c16-11-8-12(17)10-13(9-11)19-15(20)18-6-7-21-14-4-2-1-3-5-14/h1-5,8-10H,6-7H2,(H2,18,19,20). The van der Waals surface area contributed by atoms with Gasteiger partial charge in [-0.1, -0.05) is 41.4 Å². The third-order valence-electron chi connectivity index (χ3n) is 2.52. The number of para-hydroxylation sites is 1. The summed E-state index contributed by atoms with van der Waals surface area (Å²) in [6, 6.07) is 13.9. The fourth-order valence-corrected chi connectivity index (χ4v) is 2.18. The lowest BCUT2D eigenvalue weighted by molar-refractivity contribution is 0.247. The van der Waals surface area contributed by atoms with E-state index in [2.05, 4.69) is 10.6 Å². The second-order valence-electron chi connectivity index (χ2n) is 4.20. The van der Waals surface area contributed by atoms with Gasteiger partial charge in [0.1, 0.15) is 12.4 Å². The average Bonchev–Trinajstić information content (AvgIpc) is 2.43. The average molecular weight is 325 g/mol. The Kier molecular flexibility index (Phi) is 5.72. The Morgan fingerprint density at radius 1 is 1.05 bits per heavy atom. The first kappa shape index (κ1) is 15.5. The van der Waals surface area contributed by atoms with Crippen molar-refractivity contribution in [3.63, 3.8) is 0 Å². The first-order chi connectivity index (χ1) is 10.1. The quantitative estimate of drug-likeness (QED) is 0.810. The van der Waals surface area contributed by atoms with Crippen LogP contribution >= 0.6 is 23.2 Å². The number of urea groups is 1. The number of carbonyl (C=O) groups is 1. The van der Waals surface area contributed by atoms with Crippen LogP contribution in [-0.2, 0) is 0 Å². The third-order valence-corrected chi connectivity index (χ3v) is 2.96. The normalized spacial score (nSPS) is 10.0. The maximum atomic E-state index is 11.7. The van der Waals surface area contributed by atoms with Crippen LogP contribution < -0.4 is 15.4 Å². The van der Waals surface area contributed by atoms with Crippen LogP contribution in [0.1, 0.15) is 0 Å². The van der Waals surface area contributed by atoms with E-state index in [1.165, 1.54) is 0 Å². The molecular weight excluding hydrogens is 311 g/mol. The summed E-state index contributed by atoms with van der Waals surface area (Å²) in [5.74, 6) is 0.765. The lowest BCUT2D eigenvalue weighted by Crippen LogP contribution is -2.32. The summed E-state index contributed by atoms with van der Waals surface area (Å²) < 4.78 is 5.46. The van der Waals surface area contributed by atoms with E-state index < -0.39 is 0 Å². The van der Waals surface area contributed by atoms with E-state index in [1.807, 2.05) is 30.3 Å². The van der Waals surface area contributed by atoms with Gasteiger partial charge in [0.05, 0.1) is 6.54 Å². The minimum absolute atomic E-state index is 0.343. The molecule has 0 saturated carbocycles. The van der Waals surface area contributed by atoms with E-state index in [0.29, 0.717) is 28.9 Å². The van der Waals surface area contributed by atoms with Gasteiger partial charge in [-0.15, -0.1) is 0 Å². The monoisotopic (exact) mass is 324 g/mol. The predicted molar refractivity (Wildman–Crippen MR) is 85.4 cm³/mol. The molecule has 110 valence electrons. The highest BCUT2D eigenvalue weighted by molar-refractivity contribution is 6.35. The molecule has 0 bridgehead atoms. The van der Waals surface area contributed by atoms with Crippen molar-refractivity contribution < 1.29 is 9.53 Å². The summed E-state index contributed by atoms with van der Waals surface area (Å²) in [5, 5.41) is 6.25. The molecule has 0 radical (unpaired) electrons. The van der Waals surface area contributed by atoms with Crippen molar-refractivity contribution >= 4 is 34.9 Å². The van der Waals surface area contributed by atoms with Crippen molar-refractivity contribution in [3.05, 3.63) is 58.6 Å². The molecule has 0 aliphatic rings. The van der Waals surface area contributed by atoms with Gasteiger partial charge in [-0.3, -0.25) is 0 Å². The second kappa shape index (κ2) is 7.76. The van der Waals surface area contributed by atoms with Crippen LogP contribution in [0.15, 0.2) is 48.5 Å². The number of halogens is 2.